The van der Waals surface area contributed by atoms with Crippen LogP contribution in [0.4, 0.5) is 0 Å². The monoisotopic (exact) mass is 214 g/mol. The van der Waals surface area contributed by atoms with Crippen LogP contribution in [0.1, 0.15) is 92.4 Å². The molecule has 0 aliphatic heterocycles. The lowest BCUT2D eigenvalue weighted by Crippen LogP contribution is -1.94. The van der Waals surface area contributed by atoms with E-state index in [1.54, 1.807) is 0 Å². The molecule has 0 saturated carbocycles. The largest absolute Gasteiger partial charge is 0.0683 e. The van der Waals surface area contributed by atoms with Gasteiger partial charge in [0, 0.05) is 0 Å². The average Bonchev–Trinajstić information content (AvgIpc) is 2.28. The minimum Gasteiger partial charge on any atom is -0.0683 e. The molecule has 94 valence electrons. The Morgan fingerprint density at radius 2 is 1.07 bits per heavy atom. The molecule has 1 unspecified atom stereocenters. The van der Waals surface area contributed by atoms with Crippen molar-refractivity contribution in [3.05, 3.63) is 0 Å². The van der Waals surface area contributed by atoms with Gasteiger partial charge in [-0.2, -0.15) is 0 Å². The second-order valence-electron chi connectivity index (χ2n) is 4.45. The van der Waals surface area contributed by atoms with Gasteiger partial charge in [0.1, 0.15) is 0 Å². The van der Waals surface area contributed by atoms with Crippen molar-refractivity contribution in [2.24, 2.45) is 5.92 Å². The fourth-order valence-electron chi connectivity index (χ4n) is 1.81. The van der Waals surface area contributed by atoms with Gasteiger partial charge in [-0.3, -0.25) is 0 Å². The van der Waals surface area contributed by atoms with Crippen LogP contribution < -0.4 is 0 Å². The van der Waals surface area contributed by atoms with Crippen molar-refractivity contribution in [1.82, 2.24) is 0 Å². The molecule has 0 heterocycles. The number of hydrogen-bond donors (Lipinski definition) is 0. The zero-order chi connectivity index (χ0) is 11.9. The third kappa shape index (κ3) is 16.7. The molecule has 0 aromatic rings. The van der Waals surface area contributed by atoms with E-state index in [0.29, 0.717) is 0 Å². The zero-order valence-electron chi connectivity index (χ0n) is 11.9. The number of rotatable bonds is 9. The third-order valence-corrected chi connectivity index (χ3v) is 2.85. The molecule has 0 aromatic carbocycles. The van der Waals surface area contributed by atoms with Gasteiger partial charge in [0.15, 0.2) is 0 Å². The predicted octanol–water partition coefficient (Wildman–Crippen LogP) is 6.20. The maximum absolute atomic E-state index is 2.42. The standard InChI is InChI=1S/C13H28.C2H6/c1-4-6-8-10-12-13(3)11-9-7-5-2;1-2/h13H,4-12H2,1-3H3;1-2H3. The molecule has 15 heavy (non-hydrogen) atoms. The van der Waals surface area contributed by atoms with Crippen molar-refractivity contribution in [1.29, 1.82) is 0 Å². The van der Waals surface area contributed by atoms with Gasteiger partial charge in [-0.1, -0.05) is 92.4 Å². The Labute approximate surface area is 98.9 Å². The molecule has 0 heteroatoms. The summed E-state index contributed by atoms with van der Waals surface area (Å²) in [6.45, 7) is 11.0. The highest BCUT2D eigenvalue weighted by Gasteiger charge is 2.00. The predicted molar refractivity (Wildman–Crippen MR) is 73.4 cm³/mol. The summed E-state index contributed by atoms with van der Waals surface area (Å²) in [4.78, 5) is 0. The smallest absolute Gasteiger partial charge is 0.0443 e. The zero-order valence-corrected chi connectivity index (χ0v) is 11.9. The van der Waals surface area contributed by atoms with Gasteiger partial charge in [0.2, 0.25) is 0 Å². The molecule has 0 aliphatic rings. The Balaban J connectivity index is 0. The summed E-state index contributed by atoms with van der Waals surface area (Å²) in [6, 6.07) is 0. The molecule has 0 spiro atoms. The van der Waals surface area contributed by atoms with E-state index in [1.807, 2.05) is 13.8 Å². The molecule has 0 aliphatic carbocycles. The van der Waals surface area contributed by atoms with E-state index in [0.717, 1.165) is 5.92 Å². The van der Waals surface area contributed by atoms with Gasteiger partial charge >= 0.3 is 0 Å². The van der Waals surface area contributed by atoms with Crippen molar-refractivity contribution in [2.75, 3.05) is 0 Å². The summed E-state index contributed by atoms with van der Waals surface area (Å²) in [5.41, 5.74) is 0. The second-order valence-corrected chi connectivity index (χ2v) is 4.45. The van der Waals surface area contributed by atoms with Crippen LogP contribution >= 0.6 is 0 Å². The van der Waals surface area contributed by atoms with Crippen molar-refractivity contribution < 1.29 is 0 Å². The first-order valence-corrected chi connectivity index (χ1v) is 7.31. The first-order valence-electron chi connectivity index (χ1n) is 7.31. The minimum absolute atomic E-state index is 0.975. The van der Waals surface area contributed by atoms with Crippen molar-refractivity contribution in [2.45, 2.75) is 92.4 Å². The van der Waals surface area contributed by atoms with Crippen LogP contribution in [-0.2, 0) is 0 Å². The lowest BCUT2D eigenvalue weighted by molar-refractivity contribution is 0.439. The maximum Gasteiger partial charge on any atom is -0.0443 e. The Bertz CT molecular complexity index is 86.0. The van der Waals surface area contributed by atoms with Crippen LogP contribution in [0.15, 0.2) is 0 Å². The van der Waals surface area contributed by atoms with Crippen LogP contribution in [-0.4, -0.2) is 0 Å². The Hall–Kier alpha value is 0. The van der Waals surface area contributed by atoms with E-state index in [2.05, 4.69) is 20.8 Å². The van der Waals surface area contributed by atoms with E-state index >= 15 is 0 Å². The lowest BCUT2D eigenvalue weighted by Gasteiger charge is -2.10. The summed E-state index contributed by atoms with van der Waals surface area (Å²) in [5.74, 6) is 0.975. The van der Waals surface area contributed by atoms with Gasteiger partial charge in [0.05, 0.1) is 0 Å². The van der Waals surface area contributed by atoms with Crippen molar-refractivity contribution in [3.8, 4) is 0 Å². The topological polar surface area (TPSA) is 0 Å². The highest BCUT2D eigenvalue weighted by atomic mass is 14.1. The SMILES string of the molecule is CC.CCCCCCC(C)CCCCC. The van der Waals surface area contributed by atoms with Crippen LogP contribution in [0.25, 0.3) is 0 Å². The Morgan fingerprint density at radius 3 is 1.53 bits per heavy atom. The fraction of sp³-hybridized carbons (Fsp3) is 1.00. The fourth-order valence-corrected chi connectivity index (χ4v) is 1.81. The summed E-state index contributed by atoms with van der Waals surface area (Å²) < 4.78 is 0. The highest BCUT2D eigenvalue weighted by Crippen LogP contribution is 2.16. The Kier molecular flexibility index (Phi) is 19.1. The molecular weight excluding hydrogens is 180 g/mol. The number of hydrogen-bond acceptors (Lipinski definition) is 0. The molecule has 1 atom stereocenters. The molecule has 0 bridgehead atoms. The minimum atomic E-state index is 0.975. The molecule has 0 amide bonds. The van der Waals surface area contributed by atoms with Gasteiger partial charge in [-0.25, -0.2) is 0 Å². The van der Waals surface area contributed by atoms with Gasteiger partial charge in [-0.05, 0) is 5.92 Å². The maximum atomic E-state index is 2.42. The van der Waals surface area contributed by atoms with E-state index in [1.165, 1.54) is 57.8 Å². The molecule has 0 radical (unpaired) electrons. The average molecular weight is 214 g/mol. The quantitative estimate of drug-likeness (QED) is 0.401. The number of unbranched alkanes of at least 4 members (excludes halogenated alkanes) is 5. The van der Waals surface area contributed by atoms with Gasteiger partial charge in [0.25, 0.3) is 0 Å². The molecule has 0 N–H and O–H groups in total. The lowest BCUT2D eigenvalue weighted by atomic mass is 9.97. The summed E-state index contributed by atoms with van der Waals surface area (Å²) >= 11 is 0. The normalized spacial score (nSPS) is 11.8. The van der Waals surface area contributed by atoms with Gasteiger partial charge < -0.3 is 0 Å². The first kappa shape index (κ1) is 17.4. The second kappa shape index (κ2) is 16.4. The molecule has 0 aromatic heterocycles. The summed E-state index contributed by atoms with van der Waals surface area (Å²) in [7, 11) is 0. The van der Waals surface area contributed by atoms with Crippen LogP contribution in [0.5, 0.6) is 0 Å². The third-order valence-electron chi connectivity index (χ3n) is 2.85. The van der Waals surface area contributed by atoms with Crippen molar-refractivity contribution >= 4 is 0 Å². The van der Waals surface area contributed by atoms with Crippen LogP contribution in [0.2, 0.25) is 0 Å². The van der Waals surface area contributed by atoms with Crippen LogP contribution in [0, 0.1) is 5.92 Å². The van der Waals surface area contributed by atoms with E-state index < -0.39 is 0 Å². The van der Waals surface area contributed by atoms with E-state index in [9.17, 15) is 0 Å². The summed E-state index contributed by atoms with van der Waals surface area (Å²) in [5, 5.41) is 0. The highest BCUT2D eigenvalue weighted by molar-refractivity contribution is 4.54. The molecule has 0 saturated heterocycles. The first-order chi connectivity index (χ1) is 7.31. The Morgan fingerprint density at radius 1 is 0.667 bits per heavy atom. The molecule has 0 nitrogen and oxygen atoms in total. The van der Waals surface area contributed by atoms with Crippen molar-refractivity contribution in [3.63, 3.8) is 0 Å². The summed E-state index contributed by atoms with van der Waals surface area (Å²) in [6.07, 6.45) is 12.9. The molecular formula is C15H34. The van der Waals surface area contributed by atoms with E-state index in [-0.39, 0.29) is 0 Å². The van der Waals surface area contributed by atoms with Gasteiger partial charge in [-0.15, -0.1) is 0 Å². The molecule has 0 rings (SSSR count). The van der Waals surface area contributed by atoms with E-state index in [4.69, 9.17) is 0 Å². The molecule has 0 fully saturated rings. The van der Waals surface area contributed by atoms with Crippen LogP contribution in [0.3, 0.4) is 0 Å².